The number of carbonyl (C=O) groups is 2. The van der Waals surface area contributed by atoms with E-state index in [1.807, 2.05) is 0 Å². The molecular formula is C35H21Cl2F2N7O3. The molecule has 0 aliphatic carbocycles. The zero-order valence-electron chi connectivity index (χ0n) is 25.2. The number of esters is 1. The van der Waals surface area contributed by atoms with Crippen molar-refractivity contribution in [3.63, 3.8) is 0 Å². The van der Waals surface area contributed by atoms with E-state index >= 15 is 0 Å². The molecule has 1 amide bonds. The second-order valence-corrected chi connectivity index (χ2v) is 10.5. The largest absolute Gasteiger partial charge is 0.463 e. The third kappa shape index (κ3) is 8.93. The fourth-order valence-corrected chi connectivity index (χ4v) is 4.47. The maximum absolute atomic E-state index is 13.1. The third-order valence-corrected chi connectivity index (χ3v) is 6.75. The molecule has 2 N–H and O–H groups in total. The highest BCUT2D eigenvalue weighted by molar-refractivity contribution is 6.29. The predicted octanol–water partition coefficient (Wildman–Crippen LogP) is 5.80. The lowest BCUT2D eigenvalue weighted by Gasteiger charge is -2.05. The van der Waals surface area contributed by atoms with Crippen molar-refractivity contribution in [1.29, 1.82) is 0 Å². The number of pyridine rings is 2. The molecule has 0 fully saturated rings. The number of hydrogen-bond donors (Lipinski definition) is 1. The number of aromatic nitrogens is 6. The normalized spacial score (nSPS) is 10.1. The van der Waals surface area contributed by atoms with E-state index in [0.29, 0.717) is 44.2 Å². The van der Waals surface area contributed by atoms with E-state index < -0.39 is 11.9 Å². The van der Waals surface area contributed by atoms with E-state index in [-0.39, 0.29) is 23.3 Å². The molecule has 242 valence electrons. The molecule has 6 rings (SSSR count). The maximum atomic E-state index is 13.1. The Morgan fingerprint density at radius 3 is 1.53 bits per heavy atom. The highest BCUT2D eigenvalue weighted by Gasteiger charge is 2.17. The molecule has 0 saturated carbocycles. The van der Waals surface area contributed by atoms with Gasteiger partial charge in [-0.2, -0.15) is 0 Å². The minimum atomic E-state index is -0.709. The minimum absolute atomic E-state index is 0.0127. The van der Waals surface area contributed by atoms with Gasteiger partial charge in [-0.25, -0.2) is 33.5 Å². The third-order valence-electron chi connectivity index (χ3n) is 6.33. The topological polar surface area (TPSA) is 131 Å². The number of halogens is 4. The Balaban J connectivity index is 0.000000191. The molecule has 0 bridgehead atoms. The first-order valence-corrected chi connectivity index (χ1v) is 14.7. The van der Waals surface area contributed by atoms with Crippen molar-refractivity contribution in [2.45, 2.75) is 0 Å². The van der Waals surface area contributed by atoms with Crippen molar-refractivity contribution < 1.29 is 23.1 Å². The molecule has 0 unspecified atom stereocenters. The number of nitrogens with two attached hydrogens (primary N) is 1. The Labute approximate surface area is 288 Å². The van der Waals surface area contributed by atoms with E-state index in [9.17, 15) is 18.4 Å². The number of carbonyl (C=O) groups excluding carboxylic acids is 2. The smallest absolute Gasteiger partial charge is 0.374 e. The molecule has 0 atom stereocenters. The first kappa shape index (κ1) is 34.0. The van der Waals surface area contributed by atoms with Gasteiger partial charge in [0.1, 0.15) is 33.3 Å². The molecule has 0 saturated heterocycles. The number of ether oxygens (including phenoxy) is 1. The van der Waals surface area contributed by atoms with Crippen LogP contribution in [0.3, 0.4) is 0 Å². The van der Waals surface area contributed by atoms with Crippen molar-refractivity contribution in [3.05, 3.63) is 154 Å². The summed E-state index contributed by atoms with van der Waals surface area (Å²) in [6.07, 6.45) is 6.22. The summed E-state index contributed by atoms with van der Waals surface area (Å²) in [6.45, 7) is 0. The van der Waals surface area contributed by atoms with Gasteiger partial charge in [-0.3, -0.25) is 13.9 Å². The van der Waals surface area contributed by atoms with Gasteiger partial charge in [0.15, 0.2) is 0 Å². The molecule has 4 aromatic heterocycles. The van der Waals surface area contributed by atoms with Gasteiger partial charge in [0, 0.05) is 47.3 Å². The van der Waals surface area contributed by atoms with Gasteiger partial charge in [-0.1, -0.05) is 35.0 Å². The Morgan fingerprint density at radius 1 is 0.694 bits per heavy atom. The standard InChI is InChI=1S/C18H11ClFN3O2.C17H10ClFN4O/c1-25-18(24)17-22-14(5-2-12-8-9-21-16(19)10-12)11-23(17)15-6-3-13(20)4-7-15;18-15-9-11(7-8-21-15)1-4-13-10-23(17(22-13)16(20)24)14-5-2-12(19)3-6-14/h3-4,6-11H,1H3;2-3,5-10H,(H2,20,24). The molecule has 14 heteroatoms. The van der Waals surface area contributed by atoms with Crippen LogP contribution in [-0.4, -0.2) is 48.1 Å². The molecule has 10 nitrogen and oxygen atoms in total. The van der Waals surface area contributed by atoms with Crippen LogP contribution in [0.4, 0.5) is 8.78 Å². The second kappa shape index (κ2) is 15.5. The minimum Gasteiger partial charge on any atom is -0.463 e. The Morgan fingerprint density at radius 2 is 1.12 bits per heavy atom. The summed E-state index contributed by atoms with van der Waals surface area (Å²) in [7, 11) is 1.26. The van der Waals surface area contributed by atoms with E-state index in [1.54, 1.807) is 42.9 Å². The first-order chi connectivity index (χ1) is 23.6. The van der Waals surface area contributed by atoms with Crippen LogP contribution >= 0.6 is 23.2 Å². The molecular weight excluding hydrogens is 675 g/mol. The summed E-state index contributed by atoms with van der Waals surface area (Å²) in [6, 6.07) is 17.9. The number of rotatable bonds is 4. The fraction of sp³-hybridized carbons (Fsp3) is 0.0286. The summed E-state index contributed by atoms with van der Waals surface area (Å²) in [4.78, 5) is 39.6. The van der Waals surface area contributed by atoms with Gasteiger partial charge in [-0.05, 0) is 84.6 Å². The average Bonchev–Trinajstić information content (AvgIpc) is 3.73. The van der Waals surface area contributed by atoms with Crippen LogP contribution in [0.2, 0.25) is 10.3 Å². The van der Waals surface area contributed by atoms with E-state index in [0.717, 1.165) is 0 Å². The SMILES string of the molecule is COC(=O)c1nc(C#Cc2ccnc(Cl)c2)cn1-c1ccc(F)cc1.NC(=O)c1nc(C#Cc2ccnc(Cl)c2)cn1-c1ccc(F)cc1. The number of benzene rings is 2. The van der Waals surface area contributed by atoms with Crippen LogP contribution in [-0.2, 0) is 4.74 Å². The lowest BCUT2D eigenvalue weighted by atomic mass is 10.2. The molecule has 0 spiro atoms. The molecule has 4 heterocycles. The van der Waals surface area contributed by atoms with Crippen molar-refractivity contribution in [2.75, 3.05) is 7.11 Å². The molecule has 0 radical (unpaired) electrons. The summed E-state index contributed by atoms with van der Waals surface area (Å²) in [5, 5.41) is 0.662. The highest BCUT2D eigenvalue weighted by atomic mass is 35.5. The van der Waals surface area contributed by atoms with Gasteiger partial charge in [-0.15, -0.1) is 0 Å². The van der Waals surface area contributed by atoms with E-state index in [2.05, 4.69) is 43.6 Å². The zero-order valence-corrected chi connectivity index (χ0v) is 26.7. The lowest BCUT2D eigenvalue weighted by molar-refractivity contribution is 0.0584. The van der Waals surface area contributed by atoms with Crippen molar-refractivity contribution in [3.8, 4) is 35.1 Å². The number of methoxy groups -OCH3 is 1. The lowest BCUT2D eigenvalue weighted by Crippen LogP contribution is -2.17. The number of nitrogens with zero attached hydrogens (tertiary/aromatic N) is 6. The van der Waals surface area contributed by atoms with Crippen LogP contribution in [0.1, 0.15) is 43.8 Å². The molecule has 2 aromatic carbocycles. The van der Waals surface area contributed by atoms with Crippen LogP contribution in [0.15, 0.2) is 97.6 Å². The highest BCUT2D eigenvalue weighted by Crippen LogP contribution is 2.16. The first-order valence-electron chi connectivity index (χ1n) is 14.0. The molecule has 0 aliphatic rings. The summed E-state index contributed by atoms with van der Waals surface area (Å²) in [5.74, 6) is 9.44. The Hall–Kier alpha value is -6.34. The van der Waals surface area contributed by atoms with Gasteiger partial charge in [0.25, 0.3) is 5.91 Å². The van der Waals surface area contributed by atoms with Crippen LogP contribution in [0, 0.1) is 35.3 Å². The fourth-order valence-electron chi connectivity index (χ4n) is 4.12. The monoisotopic (exact) mass is 695 g/mol. The summed E-state index contributed by atoms with van der Waals surface area (Å²) >= 11 is 11.6. The molecule has 0 aliphatic heterocycles. The number of primary amides is 1. The quantitative estimate of drug-likeness (QED) is 0.140. The molecule has 49 heavy (non-hydrogen) atoms. The van der Waals surface area contributed by atoms with Gasteiger partial charge in [0.2, 0.25) is 11.6 Å². The van der Waals surface area contributed by atoms with Crippen LogP contribution in [0.25, 0.3) is 11.4 Å². The Bertz CT molecular complexity index is 2280. The summed E-state index contributed by atoms with van der Waals surface area (Å²) < 4.78 is 33.9. The number of imidazole rings is 2. The second-order valence-electron chi connectivity index (χ2n) is 9.68. The van der Waals surface area contributed by atoms with E-state index in [4.69, 9.17) is 33.7 Å². The number of hydrogen-bond acceptors (Lipinski definition) is 7. The van der Waals surface area contributed by atoms with Crippen molar-refractivity contribution in [1.82, 2.24) is 29.1 Å². The number of amides is 1. The van der Waals surface area contributed by atoms with Crippen molar-refractivity contribution >= 4 is 35.1 Å². The van der Waals surface area contributed by atoms with E-state index in [1.165, 1.54) is 71.0 Å². The maximum Gasteiger partial charge on any atom is 0.374 e. The van der Waals surface area contributed by atoms with Gasteiger partial charge < -0.3 is 10.5 Å². The summed E-state index contributed by atoms with van der Waals surface area (Å²) in [5.41, 5.74) is 8.50. The average molecular weight is 697 g/mol. The molecule has 6 aromatic rings. The van der Waals surface area contributed by atoms with Crippen LogP contribution in [0.5, 0.6) is 0 Å². The van der Waals surface area contributed by atoms with Crippen LogP contribution < -0.4 is 5.73 Å². The zero-order chi connectivity index (χ0) is 34.9. The Kier molecular flexibility index (Phi) is 10.8. The predicted molar refractivity (Wildman–Crippen MR) is 177 cm³/mol. The van der Waals surface area contributed by atoms with Gasteiger partial charge >= 0.3 is 5.97 Å². The van der Waals surface area contributed by atoms with Gasteiger partial charge in [0.05, 0.1) is 7.11 Å². The van der Waals surface area contributed by atoms with Crippen molar-refractivity contribution in [2.24, 2.45) is 5.73 Å².